The molecule has 0 atom stereocenters. The third kappa shape index (κ3) is 4.49. The Kier molecular flexibility index (Phi) is 5.58. The van der Waals surface area contributed by atoms with Gasteiger partial charge in [0.1, 0.15) is 0 Å². The van der Waals surface area contributed by atoms with Gasteiger partial charge in [-0.1, -0.05) is 42.5 Å². The predicted octanol–water partition coefficient (Wildman–Crippen LogP) is 5.06. The highest BCUT2D eigenvalue weighted by Gasteiger charge is 2.12. The van der Waals surface area contributed by atoms with Gasteiger partial charge in [-0.05, 0) is 60.1 Å². The van der Waals surface area contributed by atoms with Crippen molar-refractivity contribution in [2.24, 2.45) is 0 Å². The van der Waals surface area contributed by atoms with Crippen molar-refractivity contribution in [2.75, 3.05) is 5.32 Å². The summed E-state index contributed by atoms with van der Waals surface area (Å²) in [6.07, 6.45) is 11.3. The van der Waals surface area contributed by atoms with Crippen LogP contribution in [-0.4, -0.2) is 26.1 Å². The third-order valence-electron chi connectivity index (χ3n) is 5.65. The molecule has 0 fully saturated rings. The molecular formula is C26H23N5O. The SMILES string of the molecule is O=C(/C=C/c1ncc(-c2ccccc2)cn1)Nc1cc(-c2ccc3c(c2)CCCC3)[nH]n1. The van der Waals surface area contributed by atoms with Crippen molar-refractivity contribution in [3.8, 4) is 22.4 Å². The Morgan fingerprint density at radius 2 is 1.66 bits per heavy atom. The van der Waals surface area contributed by atoms with Crippen molar-refractivity contribution < 1.29 is 4.79 Å². The Hall–Kier alpha value is -4.06. The van der Waals surface area contributed by atoms with Crippen LogP contribution in [0.3, 0.4) is 0 Å². The van der Waals surface area contributed by atoms with Crippen LogP contribution in [0.1, 0.15) is 29.8 Å². The van der Waals surface area contributed by atoms with Crippen LogP contribution in [0, 0.1) is 0 Å². The number of H-pyrrole nitrogens is 1. The van der Waals surface area contributed by atoms with Gasteiger partial charge in [0, 0.05) is 30.1 Å². The number of benzene rings is 2. The first kappa shape index (κ1) is 19.9. The van der Waals surface area contributed by atoms with Gasteiger partial charge in [-0.25, -0.2) is 9.97 Å². The van der Waals surface area contributed by atoms with E-state index in [1.165, 1.54) is 30.0 Å². The topological polar surface area (TPSA) is 83.6 Å². The molecular weight excluding hydrogens is 398 g/mol. The number of hydrogen-bond acceptors (Lipinski definition) is 4. The smallest absolute Gasteiger partial charge is 0.249 e. The van der Waals surface area contributed by atoms with Crippen molar-refractivity contribution in [2.45, 2.75) is 25.7 Å². The molecule has 0 bridgehead atoms. The number of anilines is 1. The van der Waals surface area contributed by atoms with E-state index in [0.29, 0.717) is 11.6 Å². The molecule has 0 saturated carbocycles. The Balaban J connectivity index is 1.22. The first-order valence-electron chi connectivity index (χ1n) is 10.8. The highest BCUT2D eigenvalue weighted by atomic mass is 16.1. The lowest BCUT2D eigenvalue weighted by atomic mass is 9.90. The van der Waals surface area contributed by atoms with Crippen LogP contribution in [0.2, 0.25) is 0 Å². The Morgan fingerprint density at radius 1 is 0.875 bits per heavy atom. The first-order chi connectivity index (χ1) is 15.7. The van der Waals surface area contributed by atoms with E-state index in [2.05, 4.69) is 43.7 Å². The van der Waals surface area contributed by atoms with E-state index in [9.17, 15) is 4.79 Å². The van der Waals surface area contributed by atoms with Gasteiger partial charge in [-0.15, -0.1) is 0 Å². The van der Waals surface area contributed by atoms with Crippen LogP contribution >= 0.6 is 0 Å². The van der Waals surface area contributed by atoms with Crippen molar-refractivity contribution in [1.29, 1.82) is 0 Å². The summed E-state index contributed by atoms with van der Waals surface area (Å²) in [6, 6.07) is 18.3. The number of aromatic nitrogens is 4. The number of amides is 1. The number of aromatic amines is 1. The normalized spacial score (nSPS) is 13.1. The van der Waals surface area contributed by atoms with Gasteiger partial charge in [-0.3, -0.25) is 9.89 Å². The fourth-order valence-electron chi connectivity index (χ4n) is 3.96. The third-order valence-corrected chi connectivity index (χ3v) is 5.65. The summed E-state index contributed by atoms with van der Waals surface area (Å²) in [4.78, 5) is 20.9. The zero-order valence-corrected chi connectivity index (χ0v) is 17.6. The molecule has 1 amide bonds. The zero-order valence-electron chi connectivity index (χ0n) is 17.6. The molecule has 0 saturated heterocycles. The molecule has 158 valence electrons. The summed E-state index contributed by atoms with van der Waals surface area (Å²) in [5, 5.41) is 10.0. The predicted molar refractivity (Wildman–Crippen MR) is 126 cm³/mol. The molecule has 6 nitrogen and oxygen atoms in total. The van der Waals surface area contributed by atoms with E-state index in [-0.39, 0.29) is 5.91 Å². The summed E-state index contributed by atoms with van der Waals surface area (Å²) < 4.78 is 0. The Morgan fingerprint density at radius 3 is 2.47 bits per heavy atom. The summed E-state index contributed by atoms with van der Waals surface area (Å²) in [7, 11) is 0. The second-order valence-electron chi connectivity index (χ2n) is 7.88. The standard InChI is InChI=1S/C26H23N5O/c32-26(13-12-24-27-16-22(17-28-24)18-6-2-1-3-7-18)29-25-15-23(30-31-25)21-11-10-19-8-4-5-9-20(19)14-21/h1-3,6-7,10-17H,4-5,8-9H2,(H2,29,30,31,32)/b13-12+. The molecule has 2 heterocycles. The monoisotopic (exact) mass is 421 g/mol. The summed E-state index contributed by atoms with van der Waals surface area (Å²) in [5.74, 6) is 0.661. The minimum Gasteiger partial charge on any atom is -0.306 e. The molecule has 2 aromatic heterocycles. The van der Waals surface area contributed by atoms with Crippen LogP contribution in [0.15, 0.2) is 73.1 Å². The lowest BCUT2D eigenvalue weighted by molar-refractivity contribution is -0.111. The average molecular weight is 422 g/mol. The van der Waals surface area contributed by atoms with Crippen molar-refractivity contribution in [1.82, 2.24) is 20.2 Å². The summed E-state index contributed by atoms with van der Waals surface area (Å²) in [5.41, 5.74) is 6.80. The molecule has 6 heteroatoms. The molecule has 2 N–H and O–H groups in total. The Bertz CT molecular complexity index is 1260. The maximum Gasteiger partial charge on any atom is 0.249 e. The van der Waals surface area contributed by atoms with Crippen molar-refractivity contribution >= 4 is 17.8 Å². The molecule has 32 heavy (non-hydrogen) atoms. The number of carbonyl (C=O) groups excluding carboxylic acids is 1. The number of aryl methyl sites for hydroxylation is 2. The maximum absolute atomic E-state index is 12.3. The molecule has 0 radical (unpaired) electrons. The van der Waals surface area contributed by atoms with E-state index in [1.807, 2.05) is 36.4 Å². The van der Waals surface area contributed by atoms with Crippen LogP contribution in [0.4, 0.5) is 5.82 Å². The van der Waals surface area contributed by atoms with Crippen LogP contribution in [0.25, 0.3) is 28.5 Å². The average Bonchev–Trinajstić information content (AvgIpc) is 3.32. The van der Waals surface area contributed by atoms with Gasteiger partial charge in [0.2, 0.25) is 5.91 Å². The molecule has 2 aromatic carbocycles. The lowest BCUT2D eigenvalue weighted by Gasteiger charge is -2.16. The molecule has 0 unspecified atom stereocenters. The second kappa shape index (κ2) is 8.98. The van der Waals surface area contributed by atoms with E-state index in [1.54, 1.807) is 18.5 Å². The largest absolute Gasteiger partial charge is 0.306 e. The van der Waals surface area contributed by atoms with Gasteiger partial charge in [0.15, 0.2) is 11.6 Å². The molecule has 0 spiro atoms. The van der Waals surface area contributed by atoms with E-state index >= 15 is 0 Å². The summed E-state index contributed by atoms with van der Waals surface area (Å²) >= 11 is 0. The fraction of sp³-hybridized carbons (Fsp3) is 0.154. The minimum absolute atomic E-state index is 0.288. The number of nitrogens with zero attached hydrogens (tertiary/aromatic N) is 3. The highest BCUT2D eigenvalue weighted by molar-refractivity contribution is 6.01. The van der Waals surface area contributed by atoms with Gasteiger partial charge in [-0.2, -0.15) is 5.10 Å². The minimum atomic E-state index is -0.288. The van der Waals surface area contributed by atoms with E-state index < -0.39 is 0 Å². The van der Waals surface area contributed by atoms with Gasteiger partial charge < -0.3 is 5.32 Å². The zero-order chi connectivity index (χ0) is 21.8. The quantitative estimate of drug-likeness (QED) is 0.441. The maximum atomic E-state index is 12.3. The summed E-state index contributed by atoms with van der Waals surface area (Å²) in [6.45, 7) is 0. The number of carbonyl (C=O) groups is 1. The molecule has 4 aromatic rings. The molecule has 0 aliphatic heterocycles. The van der Waals surface area contributed by atoms with Crippen LogP contribution < -0.4 is 5.32 Å². The second-order valence-corrected chi connectivity index (χ2v) is 7.88. The number of hydrogen-bond donors (Lipinski definition) is 2. The number of fused-ring (bicyclic) bond motifs is 1. The van der Waals surface area contributed by atoms with Gasteiger partial charge in [0.25, 0.3) is 0 Å². The van der Waals surface area contributed by atoms with Gasteiger partial charge >= 0.3 is 0 Å². The van der Waals surface area contributed by atoms with E-state index in [0.717, 1.165) is 35.2 Å². The highest BCUT2D eigenvalue weighted by Crippen LogP contribution is 2.27. The van der Waals surface area contributed by atoms with Crippen LogP contribution in [-0.2, 0) is 17.6 Å². The van der Waals surface area contributed by atoms with E-state index in [4.69, 9.17) is 0 Å². The van der Waals surface area contributed by atoms with Gasteiger partial charge in [0.05, 0.1) is 5.69 Å². The van der Waals surface area contributed by atoms with Crippen molar-refractivity contribution in [3.63, 3.8) is 0 Å². The Labute approximate surface area is 186 Å². The molecule has 1 aliphatic carbocycles. The lowest BCUT2D eigenvalue weighted by Crippen LogP contribution is -2.08. The number of nitrogens with one attached hydrogen (secondary N) is 2. The molecule has 5 rings (SSSR count). The number of rotatable bonds is 5. The van der Waals surface area contributed by atoms with Crippen LogP contribution in [0.5, 0.6) is 0 Å². The fourth-order valence-corrected chi connectivity index (χ4v) is 3.96. The van der Waals surface area contributed by atoms with Crippen molar-refractivity contribution in [3.05, 3.63) is 90.0 Å². The first-order valence-corrected chi connectivity index (χ1v) is 10.8. The molecule has 1 aliphatic rings.